The average Bonchev–Trinajstić information content (AvgIpc) is 2.27. The van der Waals surface area contributed by atoms with Crippen molar-refractivity contribution in [3.63, 3.8) is 0 Å². The summed E-state index contributed by atoms with van der Waals surface area (Å²) in [7, 11) is 3.50. The zero-order chi connectivity index (χ0) is 12.2. The summed E-state index contributed by atoms with van der Waals surface area (Å²) in [6, 6.07) is 0.376. The first-order chi connectivity index (χ1) is 7.56. The molecule has 2 unspecified atom stereocenters. The van der Waals surface area contributed by atoms with Gasteiger partial charge in [-0.3, -0.25) is 4.99 Å². The zero-order valence-electron chi connectivity index (χ0n) is 10.9. The maximum Gasteiger partial charge on any atom is 0.191 e. The molecule has 0 radical (unpaired) electrons. The van der Waals surface area contributed by atoms with Crippen molar-refractivity contribution in [2.45, 2.75) is 32.4 Å². The van der Waals surface area contributed by atoms with E-state index in [0.29, 0.717) is 18.7 Å². The van der Waals surface area contributed by atoms with Crippen LogP contribution < -0.4 is 10.6 Å². The van der Waals surface area contributed by atoms with Crippen molar-refractivity contribution < 1.29 is 4.74 Å². The van der Waals surface area contributed by atoms with Crippen LogP contribution in [-0.4, -0.2) is 38.8 Å². The second-order valence-electron chi connectivity index (χ2n) is 4.61. The summed E-state index contributed by atoms with van der Waals surface area (Å²) < 4.78 is 5.40. The highest BCUT2D eigenvalue weighted by Gasteiger charge is 2.48. The van der Waals surface area contributed by atoms with Gasteiger partial charge in [0.1, 0.15) is 0 Å². The Morgan fingerprint density at radius 3 is 2.65 bits per heavy atom. The number of aliphatic imine (C=N–C) groups is 1. The van der Waals surface area contributed by atoms with Gasteiger partial charge in [-0.25, -0.2) is 0 Å². The quantitative estimate of drug-likeness (QED) is 0.348. The van der Waals surface area contributed by atoms with Crippen molar-refractivity contribution in [2.75, 3.05) is 20.7 Å². The van der Waals surface area contributed by atoms with Crippen LogP contribution in [0, 0.1) is 17.8 Å². The molecule has 0 bridgehead atoms. The van der Waals surface area contributed by atoms with Crippen molar-refractivity contribution in [3.05, 3.63) is 0 Å². The van der Waals surface area contributed by atoms with E-state index in [0.717, 1.165) is 12.4 Å². The van der Waals surface area contributed by atoms with E-state index < -0.39 is 0 Å². The van der Waals surface area contributed by atoms with Gasteiger partial charge >= 0.3 is 0 Å². The van der Waals surface area contributed by atoms with Crippen LogP contribution in [0.4, 0.5) is 0 Å². The number of hydrogen-bond acceptors (Lipinski definition) is 2. The molecule has 1 saturated carbocycles. The second kappa shape index (κ2) is 7.07. The van der Waals surface area contributed by atoms with E-state index in [1.54, 1.807) is 14.2 Å². The van der Waals surface area contributed by atoms with Crippen LogP contribution in [0.5, 0.6) is 0 Å². The number of nitrogens with one attached hydrogen (secondary N) is 2. The third-order valence-electron chi connectivity index (χ3n) is 3.35. The van der Waals surface area contributed by atoms with Gasteiger partial charge in [0, 0.05) is 25.6 Å². The van der Waals surface area contributed by atoms with Gasteiger partial charge in [0.2, 0.25) is 0 Å². The molecule has 0 saturated heterocycles. The minimum absolute atomic E-state index is 0. The fourth-order valence-electron chi connectivity index (χ4n) is 2.02. The third-order valence-corrected chi connectivity index (χ3v) is 3.35. The normalized spacial score (nSPS) is 26.2. The fourth-order valence-corrected chi connectivity index (χ4v) is 2.02. The average molecular weight is 351 g/mol. The Hall–Kier alpha value is -0.480. The molecule has 5 heteroatoms. The van der Waals surface area contributed by atoms with Gasteiger partial charge in [-0.05, 0) is 6.42 Å². The molecule has 2 N–H and O–H groups in total. The molecule has 1 fully saturated rings. The van der Waals surface area contributed by atoms with Gasteiger partial charge < -0.3 is 15.4 Å². The van der Waals surface area contributed by atoms with Gasteiger partial charge in [0.15, 0.2) is 5.96 Å². The van der Waals surface area contributed by atoms with Gasteiger partial charge in [-0.2, -0.15) is 0 Å². The monoisotopic (exact) mass is 351 g/mol. The Morgan fingerprint density at radius 2 is 2.24 bits per heavy atom. The highest BCUT2D eigenvalue weighted by molar-refractivity contribution is 14.0. The molecule has 0 aromatic carbocycles. The molecule has 0 aromatic rings. The molecular weight excluding hydrogens is 329 g/mol. The first-order valence-electron chi connectivity index (χ1n) is 5.49. The summed E-state index contributed by atoms with van der Waals surface area (Å²) >= 11 is 0. The predicted molar refractivity (Wildman–Crippen MR) is 81.7 cm³/mol. The lowest BCUT2D eigenvalue weighted by Crippen LogP contribution is -2.63. The maximum atomic E-state index is 5.40. The molecule has 1 aliphatic rings. The molecule has 0 aromatic heterocycles. The zero-order valence-corrected chi connectivity index (χ0v) is 13.2. The van der Waals surface area contributed by atoms with Crippen molar-refractivity contribution in [1.82, 2.24) is 10.6 Å². The Labute approximate surface area is 121 Å². The molecule has 0 spiro atoms. The molecule has 4 nitrogen and oxygen atoms in total. The van der Waals surface area contributed by atoms with Crippen LogP contribution >= 0.6 is 24.0 Å². The smallest absolute Gasteiger partial charge is 0.191 e. The molecule has 98 valence electrons. The molecule has 0 amide bonds. The van der Waals surface area contributed by atoms with E-state index in [1.165, 1.54) is 0 Å². The van der Waals surface area contributed by atoms with Crippen molar-refractivity contribution in [2.24, 2.45) is 10.4 Å². The van der Waals surface area contributed by atoms with E-state index in [2.05, 4.69) is 35.4 Å². The summed E-state index contributed by atoms with van der Waals surface area (Å²) in [6.45, 7) is 4.87. The van der Waals surface area contributed by atoms with Crippen LogP contribution in [0.25, 0.3) is 0 Å². The van der Waals surface area contributed by atoms with Gasteiger partial charge in [-0.15, -0.1) is 30.4 Å². The van der Waals surface area contributed by atoms with E-state index in [9.17, 15) is 0 Å². The lowest BCUT2D eigenvalue weighted by Gasteiger charge is -2.51. The fraction of sp³-hybridized carbons (Fsp3) is 0.750. The third kappa shape index (κ3) is 3.75. The maximum absolute atomic E-state index is 5.40. The number of ether oxygens (including phenoxy) is 1. The molecule has 0 aliphatic heterocycles. The van der Waals surface area contributed by atoms with E-state index in [4.69, 9.17) is 11.2 Å². The van der Waals surface area contributed by atoms with Gasteiger partial charge in [0.25, 0.3) is 0 Å². The molecule has 0 heterocycles. The Morgan fingerprint density at radius 1 is 1.59 bits per heavy atom. The van der Waals surface area contributed by atoms with Gasteiger partial charge in [-0.1, -0.05) is 19.8 Å². The van der Waals surface area contributed by atoms with E-state index >= 15 is 0 Å². The number of hydrogen-bond donors (Lipinski definition) is 2. The number of terminal acetylenes is 1. The molecular formula is C12H22IN3O. The summed E-state index contributed by atoms with van der Waals surface area (Å²) in [5.74, 6) is 3.28. The Kier molecular flexibility index (Phi) is 6.87. The number of halogens is 1. The highest BCUT2D eigenvalue weighted by Crippen LogP contribution is 2.42. The number of guanidine groups is 1. The lowest BCUT2D eigenvalue weighted by atomic mass is 9.64. The Bertz CT molecular complexity index is 309. The lowest BCUT2D eigenvalue weighted by molar-refractivity contribution is -0.0922. The van der Waals surface area contributed by atoms with E-state index in [1.807, 2.05) is 0 Å². The molecule has 17 heavy (non-hydrogen) atoms. The first-order valence-corrected chi connectivity index (χ1v) is 5.49. The number of nitrogens with zero attached hydrogens (tertiary/aromatic N) is 1. The predicted octanol–water partition coefficient (Wildman–Crippen LogP) is 1.22. The van der Waals surface area contributed by atoms with Crippen LogP contribution in [0.15, 0.2) is 4.99 Å². The van der Waals surface area contributed by atoms with Crippen LogP contribution in [0.1, 0.15) is 20.3 Å². The van der Waals surface area contributed by atoms with Gasteiger partial charge in [0.05, 0.1) is 12.6 Å². The summed E-state index contributed by atoms with van der Waals surface area (Å²) in [5, 5.41) is 6.41. The molecule has 1 aliphatic carbocycles. The number of methoxy groups -OCH3 is 1. The molecule has 1 rings (SSSR count). The largest absolute Gasteiger partial charge is 0.381 e. The summed E-state index contributed by atoms with van der Waals surface area (Å²) in [5.41, 5.74) is 0.127. The summed E-state index contributed by atoms with van der Waals surface area (Å²) in [6.07, 6.45) is 6.51. The second-order valence-corrected chi connectivity index (χ2v) is 4.61. The summed E-state index contributed by atoms with van der Waals surface area (Å²) in [4.78, 5) is 4.12. The SMILES string of the molecule is C#CCNC(=NC)NC1CC(OC)C1(C)C.I. The Balaban J connectivity index is 0.00000256. The standard InChI is InChI=1S/C12H21N3O.HI/c1-6-7-14-11(13-4)15-9-8-10(16-5)12(9,2)3;/h1,9-10H,7-8H2,2-5H3,(H2,13,14,15);1H. The topological polar surface area (TPSA) is 45.7 Å². The first kappa shape index (κ1) is 16.5. The van der Waals surface area contributed by atoms with Crippen molar-refractivity contribution >= 4 is 29.9 Å². The molecule has 2 atom stereocenters. The van der Waals surface area contributed by atoms with Crippen molar-refractivity contribution in [1.29, 1.82) is 0 Å². The minimum atomic E-state index is 0. The minimum Gasteiger partial charge on any atom is -0.381 e. The number of rotatable bonds is 3. The highest BCUT2D eigenvalue weighted by atomic mass is 127. The van der Waals surface area contributed by atoms with Crippen LogP contribution in [0.2, 0.25) is 0 Å². The van der Waals surface area contributed by atoms with E-state index in [-0.39, 0.29) is 29.4 Å². The van der Waals surface area contributed by atoms with Crippen LogP contribution in [-0.2, 0) is 4.74 Å². The van der Waals surface area contributed by atoms with Crippen molar-refractivity contribution in [3.8, 4) is 12.3 Å². The van der Waals surface area contributed by atoms with Crippen LogP contribution in [0.3, 0.4) is 0 Å².